The number of nitrogens with zero attached hydrogens (tertiary/aromatic N) is 1. The number of amides is 1. The fourth-order valence-corrected chi connectivity index (χ4v) is 4.23. The maximum absolute atomic E-state index is 12.4. The van der Waals surface area contributed by atoms with E-state index in [4.69, 9.17) is 27.9 Å². The molecule has 0 atom stereocenters. The highest BCUT2D eigenvalue weighted by molar-refractivity contribution is 7.90. The zero-order chi connectivity index (χ0) is 18.2. The van der Waals surface area contributed by atoms with Crippen molar-refractivity contribution in [2.45, 2.75) is 4.90 Å². The molecule has 0 aromatic heterocycles. The standard InChI is InChI=1S/C16H11Cl2NO5S/c17-12-6-5-10(9-13(12)18)16(21)24-8-7-19-15(20)11-3-1-2-4-14(11)25(19,22)23/h1-6,9H,7-8H2. The topological polar surface area (TPSA) is 80.8 Å². The first-order valence-corrected chi connectivity index (χ1v) is 9.30. The Hall–Kier alpha value is -2.09. The van der Waals surface area contributed by atoms with E-state index in [1.54, 1.807) is 6.07 Å². The molecule has 0 spiro atoms. The summed E-state index contributed by atoms with van der Waals surface area (Å²) in [4.78, 5) is 24.1. The molecule has 1 aliphatic rings. The number of esters is 1. The fraction of sp³-hybridized carbons (Fsp3) is 0.125. The molecule has 0 radical (unpaired) electrons. The maximum Gasteiger partial charge on any atom is 0.338 e. The lowest BCUT2D eigenvalue weighted by Gasteiger charge is -2.15. The molecule has 0 saturated heterocycles. The largest absolute Gasteiger partial charge is 0.460 e. The zero-order valence-electron chi connectivity index (χ0n) is 12.6. The van der Waals surface area contributed by atoms with Gasteiger partial charge in [0.2, 0.25) is 0 Å². The van der Waals surface area contributed by atoms with Crippen molar-refractivity contribution < 1.29 is 22.7 Å². The van der Waals surface area contributed by atoms with Crippen LogP contribution in [-0.2, 0) is 14.8 Å². The zero-order valence-corrected chi connectivity index (χ0v) is 14.9. The van der Waals surface area contributed by atoms with Gasteiger partial charge in [-0.3, -0.25) is 4.79 Å². The average molecular weight is 400 g/mol. The molecule has 0 fully saturated rings. The molecule has 0 unspecified atom stereocenters. The number of benzene rings is 2. The minimum atomic E-state index is -3.92. The molecule has 6 nitrogen and oxygen atoms in total. The number of carbonyl (C=O) groups excluding carboxylic acids is 2. The molecule has 2 aromatic rings. The molecule has 0 N–H and O–H groups in total. The van der Waals surface area contributed by atoms with Crippen molar-refractivity contribution in [2.75, 3.05) is 13.2 Å². The van der Waals surface area contributed by atoms with Gasteiger partial charge in [0.15, 0.2) is 0 Å². The quantitative estimate of drug-likeness (QED) is 0.738. The van der Waals surface area contributed by atoms with Gasteiger partial charge in [0.1, 0.15) is 11.5 Å². The molecule has 25 heavy (non-hydrogen) atoms. The van der Waals surface area contributed by atoms with Crippen LogP contribution in [0.5, 0.6) is 0 Å². The van der Waals surface area contributed by atoms with Crippen LogP contribution in [0.2, 0.25) is 10.0 Å². The van der Waals surface area contributed by atoms with Crippen LogP contribution in [0, 0.1) is 0 Å². The van der Waals surface area contributed by atoms with Crippen LogP contribution >= 0.6 is 23.2 Å². The Labute approximate surface area is 154 Å². The van der Waals surface area contributed by atoms with Crippen LogP contribution in [0.4, 0.5) is 0 Å². The summed E-state index contributed by atoms with van der Waals surface area (Å²) >= 11 is 11.6. The second kappa shape index (κ2) is 6.67. The normalized spacial score (nSPS) is 15.1. The van der Waals surface area contributed by atoms with Crippen molar-refractivity contribution >= 4 is 45.1 Å². The molecule has 2 aromatic carbocycles. The van der Waals surface area contributed by atoms with Gasteiger partial charge in [-0.2, -0.15) is 0 Å². The van der Waals surface area contributed by atoms with Gasteiger partial charge in [-0.05, 0) is 30.3 Å². The molecule has 1 amide bonds. The minimum absolute atomic E-state index is 0.0455. The van der Waals surface area contributed by atoms with Crippen molar-refractivity contribution in [3.05, 3.63) is 63.6 Å². The number of halogens is 2. The van der Waals surface area contributed by atoms with E-state index in [2.05, 4.69) is 0 Å². The highest BCUT2D eigenvalue weighted by Gasteiger charge is 2.40. The molecule has 1 aliphatic heterocycles. The van der Waals surface area contributed by atoms with E-state index in [1.807, 2.05) is 0 Å². The fourth-order valence-electron chi connectivity index (χ4n) is 2.38. The van der Waals surface area contributed by atoms with E-state index in [9.17, 15) is 18.0 Å². The summed E-state index contributed by atoms with van der Waals surface area (Å²) < 4.78 is 30.4. The first kappa shape index (κ1) is 17.7. The van der Waals surface area contributed by atoms with E-state index in [-0.39, 0.29) is 34.2 Å². The lowest BCUT2D eigenvalue weighted by atomic mass is 10.2. The van der Waals surface area contributed by atoms with Gasteiger partial charge >= 0.3 is 5.97 Å². The Morgan fingerprint density at radius 1 is 1.08 bits per heavy atom. The average Bonchev–Trinajstić information content (AvgIpc) is 2.78. The molecule has 1 heterocycles. The smallest absolute Gasteiger partial charge is 0.338 e. The van der Waals surface area contributed by atoms with Crippen LogP contribution in [0.15, 0.2) is 47.4 Å². The van der Waals surface area contributed by atoms with Crippen molar-refractivity contribution in [1.29, 1.82) is 0 Å². The van der Waals surface area contributed by atoms with Crippen molar-refractivity contribution in [3.8, 4) is 0 Å². The van der Waals surface area contributed by atoms with Crippen molar-refractivity contribution in [1.82, 2.24) is 4.31 Å². The Morgan fingerprint density at radius 2 is 1.80 bits per heavy atom. The summed E-state index contributed by atoms with van der Waals surface area (Å²) in [5.74, 6) is -1.33. The van der Waals surface area contributed by atoms with Gasteiger partial charge in [0, 0.05) is 0 Å². The molecular formula is C16H11Cl2NO5S. The molecule has 0 bridgehead atoms. The first-order valence-electron chi connectivity index (χ1n) is 7.10. The third-order valence-corrected chi connectivity index (χ3v) is 6.17. The van der Waals surface area contributed by atoms with Crippen LogP contribution < -0.4 is 0 Å². The number of ether oxygens (including phenoxy) is 1. The summed E-state index contributed by atoms with van der Waals surface area (Å²) in [5, 5.41) is 0.494. The lowest BCUT2D eigenvalue weighted by molar-refractivity contribution is 0.0478. The van der Waals surface area contributed by atoms with E-state index in [1.165, 1.54) is 36.4 Å². The van der Waals surface area contributed by atoms with Gasteiger partial charge in [-0.25, -0.2) is 17.5 Å². The Balaban J connectivity index is 1.68. The molecule has 9 heteroatoms. The van der Waals surface area contributed by atoms with Crippen molar-refractivity contribution in [3.63, 3.8) is 0 Å². The van der Waals surface area contributed by atoms with Gasteiger partial charge < -0.3 is 4.74 Å². The number of rotatable bonds is 4. The van der Waals surface area contributed by atoms with E-state index in [0.29, 0.717) is 9.33 Å². The highest BCUT2D eigenvalue weighted by Crippen LogP contribution is 2.29. The number of hydrogen-bond donors (Lipinski definition) is 0. The van der Waals surface area contributed by atoms with Crippen LogP contribution in [0.3, 0.4) is 0 Å². The SMILES string of the molecule is O=C(OCCN1C(=O)c2ccccc2S1(=O)=O)c1ccc(Cl)c(Cl)c1. The van der Waals surface area contributed by atoms with Gasteiger partial charge in [0.25, 0.3) is 15.9 Å². The molecule has 0 saturated carbocycles. The van der Waals surface area contributed by atoms with Crippen LogP contribution in [-0.4, -0.2) is 37.8 Å². The first-order chi connectivity index (χ1) is 11.8. The number of carbonyl (C=O) groups is 2. The van der Waals surface area contributed by atoms with Gasteiger partial charge in [-0.15, -0.1) is 0 Å². The Bertz CT molecular complexity index is 974. The summed E-state index contributed by atoms with van der Waals surface area (Å²) in [7, 11) is -3.92. The summed E-state index contributed by atoms with van der Waals surface area (Å²) in [5.41, 5.74) is 0.284. The third-order valence-electron chi connectivity index (χ3n) is 3.59. The number of fused-ring (bicyclic) bond motifs is 1. The Kier molecular flexibility index (Phi) is 4.73. The van der Waals surface area contributed by atoms with E-state index < -0.39 is 21.9 Å². The van der Waals surface area contributed by atoms with Crippen LogP contribution in [0.25, 0.3) is 0 Å². The second-order valence-electron chi connectivity index (χ2n) is 5.14. The van der Waals surface area contributed by atoms with Crippen LogP contribution in [0.1, 0.15) is 20.7 Å². The minimum Gasteiger partial charge on any atom is -0.460 e. The van der Waals surface area contributed by atoms with Crippen molar-refractivity contribution in [2.24, 2.45) is 0 Å². The molecule has 3 rings (SSSR count). The summed E-state index contributed by atoms with van der Waals surface area (Å²) in [6, 6.07) is 10.2. The molecule has 130 valence electrons. The van der Waals surface area contributed by atoms with Gasteiger partial charge in [-0.1, -0.05) is 35.3 Å². The predicted molar refractivity (Wildman–Crippen MR) is 91.4 cm³/mol. The number of hydrogen-bond acceptors (Lipinski definition) is 5. The lowest BCUT2D eigenvalue weighted by Crippen LogP contribution is -2.33. The maximum atomic E-state index is 12.4. The summed E-state index contributed by atoms with van der Waals surface area (Å²) in [6.45, 7) is -0.555. The highest BCUT2D eigenvalue weighted by atomic mass is 35.5. The second-order valence-corrected chi connectivity index (χ2v) is 7.79. The monoisotopic (exact) mass is 399 g/mol. The molecule has 0 aliphatic carbocycles. The summed E-state index contributed by atoms with van der Waals surface area (Å²) in [6.07, 6.45) is 0. The third kappa shape index (κ3) is 3.22. The van der Waals surface area contributed by atoms with E-state index >= 15 is 0 Å². The predicted octanol–water partition coefficient (Wildman–Crippen LogP) is 2.99. The van der Waals surface area contributed by atoms with Gasteiger partial charge in [0.05, 0.1) is 27.7 Å². The van der Waals surface area contributed by atoms with E-state index in [0.717, 1.165) is 0 Å². The number of sulfonamides is 1. The Morgan fingerprint density at radius 3 is 2.48 bits per heavy atom. The molecular weight excluding hydrogens is 389 g/mol.